The van der Waals surface area contributed by atoms with Crippen LogP contribution in [0.15, 0.2) is 29.5 Å². The van der Waals surface area contributed by atoms with Gasteiger partial charge < -0.3 is 4.57 Å². The lowest BCUT2D eigenvalue weighted by Gasteiger charge is -2.06. The molecule has 0 atom stereocenters. The maximum Gasteiger partial charge on any atom is 0.259 e. The number of nitrogens with zero attached hydrogens (tertiary/aromatic N) is 2. The molecule has 0 saturated carbocycles. The van der Waals surface area contributed by atoms with E-state index in [9.17, 15) is 4.79 Å². The molecule has 0 unspecified atom stereocenters. The zero-order chi connectivity index (χ0) is 10.1. The quantitative estimate of drug-likeness (QED) is 0.679. The second-order valence-electron chi connectivity index (χ2n) is 3.35. The fourth-order valence-corrected chi connectivity index (χ4v) is 1.68. The molecule has 0 bridgehead atoms. The minimum absolute atomic E-state index is 0.0188. The summed E-state index contributed by atoms with van der Waals surface area (Å²) in [6.45, 7) is 2.08. The fraction of sp³-hybridized carbons (Fsp3) is 0.273. The van der Waals surface area contributed by atoms with Crippen molar-refractivity contribution in [2.75, 3.05) is 0 Å². The Labute approximate surface area is 82.0 Å². The van der Waals surface area contributed by atoms with Crippen LogP contribution in [-0.2, 0) is 13.5 Å². The third-order valence-corrected chi connectivity index (χ3v) is 2.45. The third kappa shape index (κ3) is 1.21. The average Bonchev–Trinajstić information content (AvgIpc) is 2.23. The van der Waals surface area contributed by atoms with Crippen molar-refractivity contribution in [2.45, 2.75) is 13.3 Å². The van der Waals surface area contributed by atoms with Gasteiger partial charge in [0.25, 0.3) is 5.56 Å². The van der Waals surface area contributed by atoms with Gasteiger partial charge in [0, 0.05) is 25.6 Å². The van der Waals surface area contributed by atoms with Gasteiger partial charge in [-0.05, 0) is 23.4 Å². The molecule has 72 valence electrons. The van der Waals surface area contributed by atoms with Crippen LogP contribution in [0.3, 0.4) is 0 Å². The van der Waals surface area contributed by atoms with Gasteiger partial charge >= 0.3 is 0 Å². The molecular formula is C11H12N2O. The zero-order valence-corrected chi connectivity index (χ0v) is 8.32. The van der Waals surface area contributed by atoms with Gasteiger partial charge in [-0.1, -0.05) is 6.92 Å². The maximum atomic E-state index is 11.7. The highest BCUT2D eigenvalue weighted by atomic mass is 16.1. The highest BCUT2D eigenvalue weighted by Gasteiger charge is 2.04. The first-order valence-electron chi connectivity index (χ1n) is 4.66. The standard InChI is InChI=1S/C11H12N2O/c1-3-8-7-13(2)11(14)10-6-12-5-4-9(8)10/h4-7H,3H2,1-2H3. The molecule has 14 heavy (non-hydrogen) atoms. The van der Waals surface area contributed by atoms with E-state index in [0.717, 1.165) is 11.8 Å². The van der Waals surface area contributed by atoms with E-state index < -0.39 is 0 Å². The number of aryl methyl sites for hydroxylation is 2. The van der Waals surface area contributed by atoms with Crippen LogP contribution in [0.1, 0.15) is 12.5 Å². The predicted octanol–water partition coefficient (Wildman–Crippen LogP) is 1.50. The van der Waals surface area contributed by atoms with E-state index in [1.807, 2.05) is 12.3 Å². The average molecular weight is 188 g/mol. The summed E-state index contributed by atoms with van der Waals surface area (Å²) in [5, 5.41) is 1.72. The van der Waals surface area contributed by atoms with Crippen molar-refractivity contribution in [1.29, 1.82) is 0 Å². The Bertz CT molecular complexity index is 528. The van der Waals surface area contributed by atoms with Crippen molar-refractivity contribution in [3.63, 3.8) is 0 Å². The van der Waals surface area contributed by atoms with Crippen LogP contribution in [0.25, 0.3) is 10.8 Å². The maximum absolute atomic E-state index is 11.7. The van der Waals surface area contributed by atoms with Crippen molar-refractivity contribution < 1.29 is 0 Å². The third-order valence-electron chi connectivity index (χ3n) is 2.45. The molecule has 0 saturated heterocycles. The van der Waals surface area contributed by atoms with Gasteiger partial charge in [-0.2, -0.15) is 0 Å². The SMILES string of the molecule is CCc1cn(C)c(=O)c2cnccc12. The zero-order valence-electron chi connectivity index (χ0n) is 8.32. The second kappa shape index (κ2) is 3.25. The van der Waals surface area contributed by atoms with Crippen LogP contribution in [0, 0.1) is 0 Å². The monoisotopic (exact) mass is 188 g/mol. The Balaban J connectivity index is 2.97. The fourth-order valence-electron chi connectivity index (χ4n) is 1.68. The molecule has 0 aliphatic heterocycles. The Morgan fingerprint density at radius 1 is 1.43 bits per heavy atom. The number of hydrogen-bond donors (Lipinski definition) is 0. The minimum Gasteiger partial charge on any atom is -0.318 e. The molecule has 0 radical (unpaired) electrons. The first-order chi connectivity index (χ1) is 6.74. The lowest BCUT2D eigenvalue weighted by atomic mass is 10.1. The second-order valence-corrected chi connectivity index (χ2v) is 3.35. The number of hydrogen-bond acceptors (Lipinski definition) is 2. The van der Waals surface area contributed by atoms with Crippen molar-refractivity contribution in [3.8, 4) is 0 Å². The highest BCUT2D eigenvalue weighted by Crippen LogP contribution is 2.13. The summed E-state index contributed by atoms with van der Waals surface area (Å²) >= 11 is 0. The largest absolute Gasteiger partial charge is 0.318 e. The molecule has 0 aliphatic rings. The van der Waals surface area contributed by atoms with E-state index in [1.54, 1.807) is 24.0 Å². The molecule has 2 heterocycles. The van der Waals surface area contributed by atoms with Gasteiger partial charge in [0.1, 0.15) is 0 Å². The Hall–Kier alpha value is -1.64. The van der Waals surface area contributed by atoms with E-state index in [0.29, 0.717) is 5.39 Å². The van der Waals surface area contributed by atoms with Crippen LogP contribution in [0.2, 0.25) is 0 Å². The minimum atomic E-state index is 0.0188. The topological polar surface area (TPSA) is 34.9 Å². The Morgan fingerprint density at radius 3 is 2.93 bits per heavy atom. The summed E-state index contributed by atoms with van der Waals surface area (Å²) in [7, 11) is 1.77. The molecule has 0 aromatic carbocycles. The Kier molecular flexibility index (Phi) is 2.08. The number of rotatable bonds is 1. The molecule has 3 heteroatoms. The predicted molar refractivity (Wildman–Crippen MR) is 56.4 cm³/mol. The van der Waals surface area contributed by atoms with Crippen LogP contribution in [0.4, 0.5) is 0 Å². The van der Waals surface area contributed by atoms with Gasteiger partial charge in [0.2, 0.25) is 0 Å². The number of aromatic nitrogens is 2. The summed E-state index contributed by atoms with van der Waals surface area (Å²) in [5.74, 6) is 0. The van der Waals surface area contributed by atoms with Crippen LogP contribution < -0.4 is 5.56 Å². The van der Waals surface area contributed by atoms with E-state index in [1.165, 1.54) is 5.56 Å². The molecule has 2 aromatic heterocycles. The van der Waals surface area contributed by atoms with Gasteiger partial charge in [-0.15, -0.1) is 0 Å². The number of pyridine rings is 2. The molecular weight excluding hydrogens is 176 g/mol. The molecule has 0 aliphatic carbocycles. The molecule has 0 spiro atoms. The lowest BCUT2D eigenvalue weighted by molar-refractivity contribution is 0.856. The first kappa shape index (κ1) is 8.94. The molecule has 0 amide bonds. The molecule has 2 aromatic rings. The summed E-state index contributed by atoms with van der Waals surface area (Å²) in [6.07, 6.45) is 6.18. The molecule has 3 nitrogen and oxygen atoms in total. The molecule has 0 fully saturated rings. The van der Waals surface area contributed by atoms with E-state index >= 15 is 0 Å². The van der Waals surface area contributed by atoms with Crippen LogP contribution in [-0.4, -0.2) is 9.55 Å². The highest BCUT2D eigenvalue weighted by molar-refractivity contribution is 5.83. The summed E-state index contributed by atoms with van der Waals surface area (Å²) in [5.41, 5.74) is 1.20. The summed E-state index contributed by atoms with van der Waals surface area (Å²) in [6, 6.07) is 1.90. The van der Waals surface area contributed by atoms with E-state index in [-0.39, 0.29) is 5.56 Å². The molecule has 0 N–H and O–H groups in total. The van der Waals surface area contributed by atoms with Crippen LogP contribution >= 0.6 is 0 Å². The number of fused-ring (bicyclic) bond motifs is 1. The van der Waals surface area contributed by atoms with E-state index in [2.05, 4.69) is 11.9 Å². The normalized spacial score (nSPS) is 10.7. The molecule has 2 rings (SSSR count). The van der Waals surface area contributed by atoms with Gasteiger partial charge in [-0.3, -0.25) is 9.78 Å². The lowest BCUT2D eigenvalue weighted by Crippen LogP contribution is -2.17. The summed E-state index contributed by atoms with van der Waals surface area (Å²) < 4.78 is 1.61. The smallest absolute Gasteiger partial charge is 0.259 e. The van der Waals surface area contributed by atoms with Crippen molar-refractivity contribution in [3.05, 3.63) is 40.6 Å². The van der Waals surface area contributed by atoms with Crippen molar-refractivity contribution >= 4 is 10.8 Å². The summed E-state index contributed by atoms with van der Waals surface area (Å²) in [4.78, 5) is 15.7. The van der Waals surface area contributed by atoms with Crippen molar-refractivity contribution in [2.24, 2.45) is 7.05 Å². The van der Waals surface area contributed by atoms with Crippen LogP contribution in [0.5, 0.6) is 0 Å². The van der Waals surface area contributed by atoms with Gasteiger partial charge in [0.15, 0.2) is 0 Å². The van der Waals surface area contributed by atoms with Crippen molar-refractivity contribution in [1.82, 2.24) is 9.55 Å². The van der Waals surface area contributed by atoms with E-state index in [4.69, 9.17) is 0 Å². The Morgan fingerprint density at radius 2 is 2.21 bits per heavy atom. The van der Waals surface area contributed by atoms with Gasteiger partial charge in [0.05, 0.1) is 5.39 Å². The van der Waals surface area contributed by atoms with Gasteiger partial charge in [-0.25, -0.2) is 0 Å². The first-order valence-corrected chi connectivity index (χ1v) is 4.66.